The zero-order valence-electron chi connectivity index (χ0n) is 17.6. The third-order valence-electron chi connectivity index (χ3n) is 5.68. The van der Waals surface area contributed by atoms with Crippen LogP contribution in [0, 0.1) is 6.92 Å². The van der Waals surface area contributed by atoms with Gasteiger partial charge in [0.05, 0.1) is 24.0 Å². The van der Waals surface area contributed by atoms with Crippen LogP contribution in [0.5, 0.6) is 0 Å². The lowest BCUT2D eigenvalue weighted by atomic mass is 9.92. The molecule has 1 amide bonds. The van der Waals surface area contributed by atoms with Gasteiger partial charge >= 0.3 is 0 Å². The van der Waals surface area contributed by atoms with E-state index in [4.69, 9.17) is 0 Å². The lowest BCUT2D eigenvalue weighted by Crippen LogP contribution is -2.45. The largest absolute Gasteiger partial charge is 0.391 e. The van der Waals surface area contributed by atoms with E-state index in [2.05, 4.69) is 25.6 Å². The third kappa shape index (κ3) is 5.24. The fourth-order valence-electron chi connectivity index (χ4n) is 3.85. The molecule has 0 aliphatic heterocycles. The number of benzene rings is 1. The first kappa shape index (κ1) is 20.9. The number of carbonyl (C=O) groups excluding carboxylic acids is 1. The number of aliphatic hydroxyl groups excluding tert-OH is 1. The molecule has 7 heteroatoms. The molecule has 3 aromatic rings. The predicted octanol–water partition coefficient (Wildman–Crippen LogP) is 3.49. The van der Waals surface area contributed by atoms with E-state index >= 15 is 0 Å². The molecule has 160 valence electrons. The number of pyridine rings is 1. The second-order valence-electron chi connectivity index (χ2n) is 7.99. The van der Waals surface area contributed by atoms with Crippen LogP contribution >= 0.6 is 0 Å². The molecular weight excluding hydrogens is 390 g/mol. The number of rotatable bonds is 6. The molecule has 3 N–H and O–H groups in total. The molecule has 2 aromatic heterocycles. The second kappa shape index (κ2) is 9.66. The van der Waals surface area contributed by atoms with Crippen LogP contribution < -0.4 is 10.6 Å². The maximum Gasteiger partial charge on any atom is 0.251 e. The van der Waals surface area contributed by atoms with Crippen molar-refractivity contribution in [2.45, 2.75) is 51.3 Å². The second-order valence-corrected chi connectivity index (χ2v) is 7.99. The molecular formula is C24H27N5O2. The van der Waals surface area contributed by atoms with Gasteiger partial charge in [0.15, 0.2) is 0 Å². The highest BCUT2D eigenvalue weighted by atomic mass is 16.3. The van der Waals surface area contributed by atoms with Gasteiger partial charge in [0.1, 0.15) is 0 Å². The number of aliphatic hydroxyl groups is 1. The van der Waals surface area contributed by atoms with Crippen molar-refractivity contribution in [1.82, 2.24) is 20.3 Å². The number of hydrogen-bond donors (Lipinski definition) is 3. The summed E-state index contributed by atoms with van der Waals surface area (Å²) in [5.74, 6) is -0.152. The molecule has 1 aromatic carbocycles. The van der Waals surface area contributed by atoms with Crippen molar-refractivity contribution in [3.63, 3.8) is 0 Å². The molecule has 1 aliphatic rings. The van der Waals surface area contributed by atoms with E-state index in [-0.39, 0.29) is 11.9 Å². The molecule has 7 nitrogen and oxygen atoms in total. The van der Waals surface area contributed by atoms with Gasteiger partial charge in [-0.05, 0) is 49.1 Å². The average Bonchev–Trinajstić information content (AvgIpc) is 2.81. The van der Waals surface area contributed by atoms with Crippen LogP contribution in [0.4, 0.5) is 5.69 Å². The van der Waals surface area contributed by atoms with E-state index in [0.29, 0.717) is 12.1 Å². The Kier molecular flexibility index (Phi) is 6.52. The molecule has 0 unspecified atom stereocenters. The van der Waals surface area contributed by atoms with Crippen molar-refractivity contribution in [1.29, 1.82) is 0 Å². The summed E-state index contributed by atoms with van der Waals surface area (Å²) in [6, 6.07) is 7.47. The summed E-state index contributed by atoms with van der Waals surface area (Å²) >= 11 is 0. The number of anilines is 1. The number of aryl methyl sites for hydroxylation is 1. The maximum absolute atomic E-state index is 12.7. The highest BCUT2D eigenvalue weighted by Gasteiger charge is 2.25. The first-order valence-corrected chi connectivity index (χ1v) is 10.6. The molecule has 2 heterocycles. The van der Waals surface area contributed by atoms with Crippen molar-refractivity contribution in [3.05, 3.63) is 71.9 Å². The van der Waals surface area contributed by atoms with Crippen LogP contribution in [0.1, 0.15) is 47.2 Å². The Bertz CT molecular complexity index is 1040. The van der Waals surface area contributed by atoms with Crippen molar-refractivity contribution >= 4 is 11.6 Å². The minimum Gasteiger partial charge on any atom is -0.391 e. The highest BCUT2D eigenvalue weighted by molar-refractivity contribution is 5.95. The Morgan fingerprint density at radius 1 is 1.10 bits per heavy atom. The lowest BCUT2D eigenvalue weighted by Gasteiger charge is -2.28. The minimum absolute atomic E-state index is 0.152. The van der Waals surface area contributed by atoms with Gasteiger partial charge in [-0.15, -0.1) is 0 Å². The standard InChI is InChI=1S/C24H27N5O2/c1-16-6-7-18(24(31)29-20-4-2-3-5-23(20)30)11-21(16)28-13-17-10-19(14-26-12-17)22-15-25-8-9-27-22/h6-12,14-15,20,23,28,30H,2-5,13H2,1H3,(H,29,31)/t20-,23-/m0/s1. The SMILES string of the molecule is Cc1ccc(C(=O)N[C@H]2CCCC[C@@H]2O)cc1NCc1cncc(-c2cnccn2)c1. The van der Waals surface area contributed by atoms with E-state index < -0.39 is 6.10 Å². The Labute approximate surface area is 182 Å². The van der Waals surface area contributed by atoms with Gasteiger partial charge in [0.2, 0.25) is 0 Å². The van der Waals surface area contributed by atoms with E-state index in [0.717, 1.165) is 53.8 Å². The third-order valence-corrected chi connectivity index (χ3v) is 5.68. The van der Waals surface area contributed by atoms with Crippen LogP contribution in [0.2, 0.25) is 0 Å². The molecule has 2 atom stereocenters. The van der Waals surface area contributed by atoms with Crippen molar-refractivity contribution in [3.8, 4) is 11.3 Å². The summed E-state index contributed by atoms with van der Waals surface area (Å²) in [6.45, 7) is 2.57. The monoisotopic (exact) mass is 417 g/mol. The minimum atomic E-state index is -0.463. The number of nitrogens with one attached hydrogen (secondary N) is 2. The van der Waals surface area contributed by atoms with Crippen LogP contribution in [0.15, 0.2) is 55.2 Å². The normalized spacial score (nSPS) is 18.4. The molecule has 0 radical (unpaired) electrons. The molecule has 1 saturated carbocycles. The Hall–Kier alpha value is -3.32. The first-order valence-electron chi connectivity index (χ1n) is 10.6. The maximum atomic E-state index is 12.7. The van der Waals surface area contributed by atoms with E-state index in [1.807, 2.05) is 37.4 Å². The summed E-state index contributed by atoms with van der Waals surface area (Å²) in [5.41, 5.74) is 5.20. The van der Waals surface area contributed by atoms with Gasteiger partial charge in [-0.1, -0.05) is 18.9 Å². The molecule has 1 aliphatic carbocycles. The fourth-order valence-corrected chi connectivity index (χ4v) is 3.85. The Morgan fingerprint density at radius 2 is 1.97 bits per heavy atom. The molecule has 0 spiro atoms. The topological polar surface area (TPSA) is 100 Å². The Balaban J connectivity index is 1.44. The number of carbonyl (C=O) groups is 1. The molecule has 31 heavy (non-hydrogen) atoms. The summed E-state index contributed by atoms with van der Waals surface area (Å²) in [6.07, 6.45) is 11.7. The van der Waals surface area contributed by atoms with E-state index in [1.54, 1.807) is 24.8 Å². The number of nitrogens with zero attached hydrogens (tertiary/aromatic N) is 3. The average molecular weight is 418 g/mol. The first-order chi connectivity index (χ1) is 15.1. The zero-order chi connectivity index (χ0) is 21.6. The van der Waals surface area contributed by atoms with Crippen molar-refractivity contribution in [2.24, 2.45) is 0 Å². The summed E-state index contributed by atoms with van der Waals surface area (Å²) < 4.78 is 0. The van der Waals surface area contributed by atoms with Gasteiger partial charge < -0.3 is 15.7 Å². The van der Waals surface area contributed by atoms with E-state index in [1.165, 1.54) is 0 Å². The van der Waals surface area contributed by atoms with Gasteiger partial charge in [-0.2, -0.15) is 0 Å². The number of aromatic nitrogens is 3. The van der Waals surface area contributed by atoms with Gasteiger partial charge in [0, 0.05) is 48.1 Å². The van der Waals surface area contributed by atoms with Crippen LogP contribution in [-0.4, -0.2) is 38.1 Å². The summed E-state index contributed by atoms with van der Waals surface area (Å²) in [5, 5.41) is 16.5. The number of hydrogen-bond acceptors (Lipinski definition) is 6. The quantitative estimate of drug-likeness (QED) is 0.568. The van der Waals surface area contributed by atoms with Crippen molar-refractivity contribution < 1.29 is 9.90 Å². The number of amides is 1. The van der Waals surface area contributed by atoms with Gasteiger partial charge in [-0.25, -0.2) is 0 Å². The van der Waals surface area contributed by atoms with Crippen LogP contribution in [0.25, 0.3) is 11.3 Å². The molecule has 1 fully saturated rings. The predicted molar refractivity (Wildman–Crippen MR) is 119 cm³/mol. The van der Waals surface area contributed by atoms with Crippen molar-refractivity contribution in [2.75, 3.05) is 5.32 Å². The highest BCUT2D eigenvalue weighted by Crippen LogP contribution is 2.22. The van der Waals surface area contributed by atoms with Crippen LogP contribution in [-0.2, 0) is 6.54 Å². The zero-order valence-corrected chi connectivity index (χ0v) is 17.6. The fraction of sp³-hybridized carbons (Fsp3) is 0.333. The molecule has 0 bridgehead atoms. The lowest BCUT2D eigenvalue weighted by molar-refractivity contribution is 0.0717. The smallest absolute Gasteiger partial charge is 0.251 e. The Morgan fingerprint density at radius 3 is 2.77 bits per heavy atom. The van der Waals surface area contributed by atoms with E-state index in [9.17, 15) is 9.90 Å². The van der Waals surface area contributed by atoms with Gasteiger partial charge in [0.25, 0.3) is 5.91 Å². The van der Waals surface area contributed by atoms with Gasteiger partial charge in [-0.3, -0.25) is 19.7 Å². The molecule has 0 saturated heterocycles. The molecule has 4 rings (SSSR count). The summed E-state index contributed by atoms with van der Waals surface area (Å²) in [7, 11) is 0. The van der Waals surface area contributed by atoms with Crippen LogP contribution in [0.3, 0.4) is 0 Å². The summed E-state index contributed by atoms with van der Waals surface area (Å²) in [4.78, 5) is 25.5.